The number of hydrogen-bond acceptors (Lipinski definition) is 3. The number of primary amides is 1. The first-order chi connectivity index (χ1) is 7.62. The fourth-order valence-electron chi connectivity index (χ4n) is 1.73. The minimum Gasteiger partial charge on any atom is -0.378 e. The number of ether oxygens (including phenoxy) is 1. The van der Waals surface area contributed by atoms with Crippen molar-refractivity contribution in [2.75, 3.05) is 18.5 Å². The van der Waals surface area contributed by atoms with Gasteiger partial charge in [0.25, 0.3) is 0 Å². The lowest BCUT2D eigenvalue weighted by molar-refractivity contribution is -0.122. The van der Waals surface area contributed by atoms with Gasteiger partial charge in [-0.1, -0.05) is 0 Å². The number of anilines is 1. The van der Waals surface area contributed by atoms with Gasteiger partial charge in [-0.15, -0.1) is 0 Å². The van der Waals surface area contributed by atoms with Crippen LogP contribution in [0.1, 0.15) is 6.42 Å². The molecule has 1 aromatic rings. The molecule has 1 saturated heterocycles. The Morgan fingerprint density at radius 2 is 2.12 bits per heavy atom. The first-order valence-corrected chi connectivity index (χ1v) is 5.04. The number of carbonyl (C=O) groups is 1. The van der Waals surface area contributed by atoms with Crippen LogP contribution in [0.2, 0.25) is 0 Å². The zero-order valence-electron chi connectivity index (χ0n) is 8.70. The van der Waals surface area contributed by atoms with Gasteiger partial charge in [-0.25, -0.2) is 4.39 Å². The van der Waals surface area contributed by atoms with E-state index in [0.29, 0.717) is 18.7 Å². The quantitative estimate of drug-likeness (QED) is 0.801. The van der Waals surface area contributed by atoms with Crippen LogP contribution in [0.3, 0.4) is 0 Å². The molecule has 0 radical (unpaired) electrons. The van der Waals surface area contributed by atoms with Gasteiger partial charge in [0.15, 0.2) is 0 Å². The largest absolute Gasteiger partial charge is 0.378 e. The lowest BCUT2D eigenvalue weighted by Crippen LogP contribution is -2.51. The highest BCUT2D eigenvalue weighted by Crippen LogP contribution is 2.24. The number of carbonyl (C=O) groups excluding carboxylic acids is 1. The summed E-state index contributed by atoms with van der Waals surface area (Å²) < 4.78 is 17.9. The Morgan fingerprint density at radius 1 is 1.44 bits per heavy atom. The van der Waals surface area contributed by atoms with Crippen LogP contribution in [-0.4, -0.2) is 24.7 Å². The van der Waals surface area contributed by atoms with Crippen LogP contribution >= 0.6 is 0 Å². The van der Waals surface area contributed by atoms with Gasteiger partial charge in [0.1, 0.15) is 11.4 Å². The second kappa shape index (κ2) is 4.09. The fourth-order valence-corrected chi connectivity index (χ4v) is 1.73. The van der Waals surface area contributed by atoms with E-state index in [0.717, 1.165) is 0 Å². The summed E-state index contributed by atoms with van der Waals surface area (Å²) in [7, 11) is 0. The van der Waals surface area contributed by atoms with Crippen LogP contribution in [0.5, 0.6) is 0 Å². The number of amides is 1. The van der Waals surface area contributed by atoms with Crippen molar-refractivity contribution < 1.29 is 13.9 Å². The summed E-state index contributed by atoms with van der Waals surface area (Å²) >= 11 is 0. The van der Waals surface area contributed by atoms with Crippen molar-refractivity contribution in [3.8, 4) is 0 Å². The summed E-state index contributed by atoms with van der Waals surface area (Å²) in [5, 5.41) is 3.01. The standard InChI is InChI=1S/C11H13FN2O2/c12-8-1-3-9(4-2-8)14-11(10(13)15)5-6-16-7-11/h1-4,14H,5-7H2,(H2,13,15). The van der Waals surface area contributed by atoms with Crippen LogP contribution in [0.15, 0.2) is 24.3 Å². The number of benzene rings is 1. The molecular weight excluding hydrogens is 211 g/mol. The van der Waals surface area contributed by atoms with Crippen molar-refractivity contribution in [3.63, 3.8) is 0 Å². The number of rotatable bonds is 3. The molecule has 0 aliphatic carbocycles. The number of nitrogens with two attached hydrogens (primary N) is 1. The summed E-state index contributed by atoms with van der Waals surface area (Å²) in [4.78, 5) is 11.4. The molecule has 1 unspecified atom stereocenters. The van der Waals surface area contributed by atoms with E-state index < -0.39 is 11.4 Å². The van der Waals surface area contributed by atoms with E-state index in [1.54, 1.807) is 12.1 Å². The number of halogens is 1. The van der Waals surface area contributed by atoms with Crippen LogP contribution in [0, 0.1) is 5.82 Å². The maximum atomic E-state index is 12.7. The molecule has 0 bridgehead atoms. The molecule has 4 nitrogen and oxygen atoms in total. The second-order valence-corrected chi connectivity index (χ2v) is 3.88. The van der Waals surface area contributed by atoms with Gasteiger partial charge in [0, 0.05) is 18.7 Å². The fraction of sp³-hybridized carbons (Fsp3) is 0.364. The monoisotopic (exact) mass is 224 g/mol. The zero-order valence-corrected chi connectivity index (χ0v) is 8.70. The van der Waals surface area contributed by atoms with Gasteiger partial charge in [-0.3, -0.25) is 4.79 Å². The third-order valence-corrected chi connectivity index (χ3v) is 2.72. The Labute approximate surface area is 92.6 Å². The molecule has 1 aromatic carbocycles. The third-order valence-electron chi connectivity index (χ3n) is 2.72. The lowest BCUT2D eigenvalue weighted by atomic mass is 9.97. The molecule has 86 valence electrons. The molecule has 0 saturated carbocycles. The van der Waals surface area contributed by atoms with Crippen molar-refractivity contribution in [2.24, 2.45) is 5.73 Å². The molecule has 5 heteroatoms. The Kier molecular flexibility index (Phi) is 2.78. The average molecular weight is 224 g/mol. The smallest absolute Gasteiger partial charge is 0.245 e. The maximum Gasteiger partial charge on any atom is 0.245 e. The molecule has 16 heavy (non-hydrogen) atoms. The molecule has 1 aliphatic heterocycles. The SMILES string of the molecule is NC(=O)C1(Nc2ccc(F)cc2)CCOC1. The summed E-state index contributed by atoms with van der Waals surface area (Å²) in [5.74, 6) is -0.768. The highest BCUT2D eigenvalue weighted by molar-refractivity contribution is 5.88. The molecule has 3 N–H and O–H groups in total. The second-order valence-electron chi connectivity index (χ2n) is 3.88. The Bertz CT molecular complexity index is 385. The van der Waals surface area contributed by atoms with Crippen molar-refractivity contribution in [2.45, 2.75) is 12.0 Å². The van der Waals surface area contributed by atoms with E-state index >= 15 is 0 Å². The predicted octanol–water partition coefficient (Wildman–Crippen LogP) is 0.882. The predicted molar refractivity (Wildman–Crippen MR) is 57.4 cm³/mol. The Morgan fingerprint density at radius 3 is 2.62 bits per heavy atom. The van der Waals surface area contributed by atoms with Crippen LogP contribution in [-0.2, 0) is 9.53 Å². The van der Waals surface area contributed by atoms with E-state index in [9.17, 15) is 9.18 Å². The van der Waals surface area contributed by atoms with Crippen molar-refractivity contribution in [1.82, 2.24) is 0 Å². The first-order valence-electron chi connectivity index (χ1n) is 5.04. The van der Waals surface area contributed by atoms with Gasteiger partial charge >= 0.3 is 0 Å². The molecule has 1 heterocycles. The Hall–Kier alpha value is -1.62. The highest BCUT2D eigenvalue weighted by atomic mass is 19.1. The van der Waals surface area contributed by atoms with Crippen LogP contribution < -0.4 is 11.1 Å². The Balaban J connectivity index is 2.18. The highest BCUT2D eigenvalue weighted by Gasteiger charge is 2.40. The van der Waals surface area contributed by atoms with Gasteiger partial charge < -0.3 is 15.8 Å². The van der Waals surface area contributed by atoms with Crippen LogP contribution in [0.4, 0.5) is 10.1 Å². The molecule has 0 aromatic heterocycles. The summed E-state index contributed by atoms with van der Waals surface area (Å²) in [5.41, 5.74) is 5.15. The lowest BCUT2D eigenvalue weighted by Gasteiger charge is -2.26. The molecule has 1 fully saturated rings. The minimum absolute atomic E-state index is 0.250. The molecular formula is C11H13FN2O2. The van der Waals surface area contributed by atoms with E-state index in [4.69, 9.17) is 10.5 Å². The van der Waals surface area contributed by atoms with E-state index in [2.05, 4.69) is 5.32 Å². The number of hydrogen-bond donors (Lipinski definition) is 2. The van der Waals surface area contributed by atoms with Crippen molar-refractivity contribution in [3.05, 3.63) is 30.1 Å². The van der Waals surface area contributed by atoms with Crippen molar-refractivity contribution >= 4 is 11.6 Å². The topological polar surface area (TPSA) is 64.4 Å². The van der Waals surface area contributed by atoms with Gasteiger partial charge in [0.05, 0.1) is 6.61 Å². The van der Waals surface area contributed by atoms with E-state index in [-0.39, 0.29) is 12.4 Å². The summed E-state index contributed by atoms with van der Waals surface area (Å²) in [6, 6.07) is 5.79. The summed E-state index contributed by atoms with van der Waals surface area (Å²) in [6.45, 7) is 0.747. The van der Waals surface area contributed by atoms with Gasteiger partial charge in [-0.2, -0.15) is 0 Å². The summed E-state index contributed by atoms with van der Waals surface area (Å²) in [6.07, 6.45) is 0.527. The molecule has 1 amide bonds. The van der Waals surface area contributed by atoms with E-state index in [1.807, 2.05) is 0 Å². The molecule has 2 rings (SSSR count). The minimum atomic E-state index is -0.863. The maximum absolute atomic E-state index is 12.7. The zero-order chi connectivity index (χ0) is 11.6. The van der Waals surface area contributed by atoms with Crippen LogP contribution in [0.25, 0.3) is 0 Å². The first kappa shape index (κ1) is 10.9. The molecule has 1 aliphatic rings. The number of nitrogens with one attached hydrogen (secondary N) is 1. The van der Waals surface area contributed by atoms with E-state index in [1.165, 1.54) is 12.1 Å². The average Bonchev–Trinajstić information content (AvgIpc) is 2.71. The van der Waals surface area contributed by atoms with Crippen molar-refractivity contribution in [1.29, 1.82) is 0 Å². The third kappa shape index (κ3) is 1.99. The van der Waals surface area contributed by atoms with Gasteiger partial charge in [0.2, 0.25) is 5.91 Å². The molecule has 0 spiro atoms. The normalized spacial score (nSPS) is 24.3. The van der Waals surface area contributed by atoms with Gasteiger partial charge in [-0.05, 0) is 24.3 Å². The molecule has 1 atom stereocenters.